The lowest BCUT2D eigenvalue weighted by Gasteiger charge is -2.08. The first kappa shape index (κ1) is 14.9. The van der Waals surface area contributed by atoms with Crippen molar-refractivity contribution in [3.8, 4) is 5.75 Å². The van der Waals surface area contributed by atoms with Gasteiger partial charge in [-0.2, -0.15) is 5.10 Å². The standard InChI is InChI=1S/C15H20N4O2/c1-10-15(11(2)19(3)18-10)17-8-12-4-6-13(7-5-12)21-9-14(16)20/h4-7,17H,8-9H2,1-3H3,(H2,16,20). The third-order valence-corrected chi connectivity index (χ3v) is 3.28. The van der Waals surface area contributed by atoms with Gasteiger partial charge in [0.1, 0.15) is 5.75 Å². The molecule has 0 atom stereocenters. The molecular weight excluding hydrogens is 268 g/mol. The van der Waals surface area contributed by atoms with Gasteiger partial charge in [-0.3, -0.25) is 9.48 Å². The van der Waals surface area contributed by atoms with Crippen LogP contribution in [0, 0.1) is 13.8 Å². The molecule has 6 heteroatoms. The van der Waals surface area contributed by atoms with Gasteiger partial charge in [0.2, 0.25) is 0 Å². The van der Waals surface area contributed by atoms with E-state index in [2.05, 4.69) is 10.4 Å². The summed E-state index contributed by atoms with van der Waals surface area (Å²) in [6, 6.07) is 7.54. The number of nitrogens with one attached hydrogen (secondary N) is 1. The quantitative estimate of drug-likeness (QED) is 0.844. The summed E-state index contributed by atoms with van der Waals surface area (Å²) >= 11 is 0. The lowest BCUT2D eigenvalue weighted by atomic mass is 10.2. The van der Waals surface area contributed by atoms with E-state index in [4.69, 9.17) is 10.5 Å². The van der Waals surface area contributed by atoms with Gasteiger partial charge < -0.3 is 15.8 Å². The minimum atomic E-state index is -0.483. The molecule has 0 aliphatic carbocycles. The molecule has 112 valence electrons. The second kappa shape index (κ2) is 6.30. The number of carbonyl (C=O) groups is 1. The Morgan fingerprint density at radius 3 is 2.52 bits per heavy atom. The molecule has 3 N–H and O–H groups in total. The summed E-state index contributed by atoms with van der Waals surface area (Å²) in [7, 11) is 1.93. The topological polar surface area (TPSA) is 82.2 Å². The molecule has 0 aliphatic heterocycles. The summed E-state index contributed by atoms with van der Waals surface area (Å²) in [6.07, 6.45) is 0. The van der Waals surface area contributed by atoms with Gasteiger partial charge >= 0.3 is 0 Å². The van der Waals surface area contributed by atoms with Crippen molar-refractivity contribution in [1.82, 2.24) is 9.78 Å². The van der Waals surface area contributed by atoms with Crippen molar-refractivity contribution in [2.24, 2.45) is 12.8 Å². The molecule has 0 unspecified atom stereocenters. The average Bonchev–Trinajstić information content (AvgIpc) is 2.69. The molecule has 21 heavy (non-hydrogen) atoms. The first-order valence-electron chi connectivity index (χ1n) is 6.71. The van der Waals surface area contributed by atoms with Crippen molar-refractivity contribution in [3.05, 3.63) is 41.2 Å². The molecule has 0 radical (unpaired) electrons. The number of aryl methyl sites for hydroxylation is 2. The maximum Gasteiger partial charge on any atom is 0.255 e. The van der Waals surface area contributed by atoms with Gasteiger partial charge in [-0.15, -0.1) is 0 Å². The summed E-state index contributed by atoms with van der Waals surface area (Å²) in [5.41, 5.74) is 9.30. The smallest absolute Gasteiger partial charge is 0.255 e. The van der Waals surface area contributed by atoms with Crippen LogP contribution < -0.4 is 15.8 Å². The van der Waals surface area contributed by atoms with Gasteiger partial charge in [0.15, 0.2) is 6.61 Å². The van der Waals surface area contributed by atoms with Crippen LogP contribution in [0.3, 0.4) is 0 Å². The van der Waals surface area contributed by atoms with Gasteiger partial charge in [-0.1, -0.05) is 12.1 Å². The van der Waals surface area contributed by atoms with Gasteiger partial charge in [-0.25, -0.2) is 0 Å². The van der Waals surface area contributed by atoms with E-state index in [9.17, 15) is 4.79 Å². The molecule has 0 saturated heterocycles. The SMILES string of the molecule is Cc1nn(C)c(C)c1NCc1ccc(OCC(N)=O)cc1. The van der Waals surface area contributed by atoms with Crippen LogP contribution in [-0.2, 0) is 18.4 Å². The summed E-state index contributed by atoms with van der Waals surface area (Å²) < 4.78 is 7.08. The summed E-state index contributed by atoms with van der Waals surface area (Å²) in [4.78, 5) is 10.6. The molecule has 1 aromatic heterocycles. The van der Waals surface area contributed by atoms with Crippen LogP contribution in [0.2, 0.25) is 0 Å². The van der Waals surface area contributed by atoms with Crippen LogP contribution in [0.5, 0.6) is 5.75 Å². The maximum absolute atomic E-state index is 10.6. The molecule has 0 bridgehead atoms. The van der Waals surface area contributed by atoms with E-state index in [-0.39, 0.29) is 6.61 Å². The Bertz CT molecular complexity index is 632. The lowest BCUT2D eigenvalue weighted by molar-refractivity contribution is -0.119. The van der Waals surface area contributed by atoms with Crippen LogP contribution in [0.15, 0.2) is 24.3 Å². The first-order valence-corrected chi connectivity index (χ1v) is 6.71. The van der Waals surface area contributed by atoms with Crippen molar-refractivity contribution >= 4 is 11.6 Å². The van der Waals surface area contributed by atoms with E-state index < -0.39 is 5.91 Å². The number of ether oxygens (including phenoxy) is 1. The monoisotopic (exact) mass is 288 g/mol. The van der Waals surface area contributed by atoms with E-state index >= 15 is 0 Å². The number of aromatic nitrogens is 2. The molecule has 1 heterocycles. The Kier molecular flexibility index (Phi) is 4.47. The molecule has 1 aromatic carbocycles. The normalized spacial score (nSPS) is 10.4. The summed E-state index contributed by atoms with van der Waals surface area (Å²) in [6.45, 7) is 4.61. The van der Waals surface area contributed by atoms with Crippen molar-refractivity contribution in [3.63, 3.8) is 0 Å². The highest BCUT2D eigenvalue weighted by atomic mass is 16.5. The fourth-order valence-electron chi connectivity index (χ4n) is 2.08. The zero-order valence-electron chi connectivity index (χ0n) is 12.5. The lowest BCUT2D eigenvalue weighted by Crippen LogP contribution is -2.19. The third kappa shape index (κ3) is 3.75. The van der Waals surface area contributed by atoms with Crippen LogP contribution >= 0.6 is 0 Å². The zero-order chi connectivity index (χ0) is 15.4. The number of nitrogens with zero attached hydrogens (tertiary/aromatic N) is 2. The maximum atomic E-state index is 10.6. The molecule has 0 aliphatic rings. The summed E-state index contributed by atoms with van der Waals surface area (Å²) in [5.74, 6) is 0.148. The van der Waals surface area contributed by atoms with E-state index in [1.807, 2.05) is 49.8 Å². The molecular formula is C15H20N4O2. The number of hydrogen-bond donors (Lipinski definition) is 2. The van der Waals surface area contributed by atoms with Crippen LogP contribution in [0.25, 0.3) is 0 Å². The third-order valence-electron chi connectivity index (χ3n) is 3.28. The van der Waals surface area contributed by atoms with Crippen molar-refractivity contribution in [1.29, 1.82) is 0 Å². The minimum Gasteiger partial charge on any atom is -0.484 e. The number of carbonyl (C=O) groups excluding carboxylic acids is 1. The Balaban J connectivity index is 1.96. The first-order chi connectivity index (χ1) is 9.97. The molecule has 6 nitrogen and oxygen atoms in total. The Hall–Kier alpha value is -2.50. The van der Waals surface area contributed by atoms with E-state index in [1.165, 1.54) is 0 Å². The number of primary amides is 1. The van der Waals surface area contributed by atoms with Crippen molar-refractivity contribution < 1.29 is 9.53 Å². The fraction of sp³-hybridized carbons (Fsp3) is 0.333. The molecule has 2 rings (SSSR count). The van der Waals surface area contributed by atoms with E-state index in [0.29, 0.717) is 12.3 Å². The van der Waals surface area contributed by atoms with Crippen molar-refractivity contribution in [2.75, 3.05) is 11.9 Å². The van der Waals surface area contributed by atoms with Gasteiger partial charge in [-0.05, 0) is 31.5 Å². The zero-order valence-corrected chi connectivity index (χ0v) is 12.5. The Morgan fingerprint density at radius 2 is 2.00 bits per heavy atom. The second-order valence-electron chi connectivity index (χ2n) is 4.92. The number of benzene rings is 1. The number of nitrogens with two attached hydrogens (primary N) is 1. The molecule has 0 spiro atoms. The molecule has 0 saturated carbocycles. The summed E-state index contributed by atoms with van der Waals surface area (Å²) in [5, 5.41) is 7.76. The number of hydrogen-bond acceptors (Lipinski definition) is 4. The Labute approximate surface area is 123 Å². The molecule has 1 amide bonds. The van der Waals surface area contributed by atoms with Gasteiger partial charge in [0, 0.05) is 13.6 Å². The highest BCUT2D eigenvalue weighted by Gasteiger charge is 2.08. The number of rotatable bonds is 6. The van der Waals surface area contributed by atoms with E-state index in [1.54, 1.807) is 0 Å². The van der Waals surface area contributed by atoms with Crippen molar-refractivity contribution in [2.45, 2.75) is 20.4 Å². The molecule has 0 fully saturated rings. The number of amides is 1. The van der Waals surface area contributed by atoms with Crippen LogP contribution in [0.4, 0.5) is 5.69 Å². The molecule has 2 aromatic rings. The minimum absolute atomic E-state index is 0.105. The number of anilines is 1. The largest absolute Gasteiger partial charge is 0.484 e. The highest BCUT2D eigenvalue weighted by molar-refractivity contribution is 5.75. The van der Waals surface area contributed by atoms with Crippen LogP contribution in [0.1, 0.15) is 17.0 Å². The fourth-order valence-corrected chi connectivity index (χ4v) is 2.08. The highest BCUT2D eigenvalue weighted by Crippen LogP contribution is 2.20. The predicted molar refractivity (Wildman–Crippen MR) is 81.1 cm³/mol. The predicted octanol–water partition coefficient (Wildman–Crippen LogP) is 1.51. The van der Waals surface area contributed by atoms with E-state index in [0.717, 1.165) is 22.6 Å². The Morgan fingerprint density at radius 1 is 1.33 bits per heavy atom. The average molecular weight is 288 g/mol. The van der Waals surface area contributed by atoms with Crippen LogP contribution in [-0.4, -0.2) is 22.3 Å². The second-order valence-corrected chi connectivity index (χ2v) is 4.92. The van der Waals surface area contributed by atoms with Gasteiger partial charge in [0.05, 0.1) is 17.1 Å². The van der Waals surface area contributed by atoms with Gasteiger partial charge in [0.25, 0.3) is 5.91 Å².